The molecule has 0 saturated carbocycles. The quantitative estimate of drug-likeness (QED) is 0.404. The first kappa shape index (κ1) is 25.9. The van der Waals surface area contributed by atoms with E-state index in [0.717, 1.165) is 16.7 Å². The summed E-state index contributed by atoms with van der Waals surface area (Å²) < 4.78 is 47.3. The second-order valence-electron chi connectivity index (χ2n) is 9.26. The van der Waals surface area contributed by atoms with Gasteiger partial charge in [0.2, 0.25) is 10.0 Å². The molecule has 0 radical (unpaired) electrons. The molecule has 1 atom stereocenters. The fourth-order valence-corrected chi connectivity index (χ4v) is 6.10. The van der Waals surface area contributed by atoms with Crippen molar-refractivity contribution in [2.75, 3.05) is 32.5 Å². The number of likely N-dealkylation sites (N-methyl/N-ethyl adjacent to an activating group) is 1. The summed E-state index contributed by atoms with van der Waals surface area (Å²) in [6.07, 6.45) is 1.67. The summed E-state index contributed by atoms with van der Waals surface area (Å²) in [5.74, 6) is -0.741. The van der Waals surface area contributed by atoms with Crippen LogP contribution in [0.1, 0.15) is 32.7 Å². The third-order valence-corrected chi connectivity index (χ3v) is 8.00. The number of hydrogen-bond acceptors (Lipinski definition) is 7. The van der Waals surface area contributed by atoms with Crippen molar-refractivity contribution < 1.29 is 22.3 Å². The van der Waals surface area contributed by atoms with Crippen LogP contribution < -0.4 is 0 Å². The summed E-state index contributed by atoms with van der Waals surface area (Å²) in [7, 11) is -1.65. The molecule has 1 aliphatic rings. The molecule has 0 aliphatic carbocycles. The fourth-order valence-electron chi connectivity index (χ4n) is 4.31. The van der Waals surface area contributed by atoms with Crippen LogP contribution in [0.5, 0.6) is 0 Å². The summed E-state index contributed by atoms with van der Waals surface area (Å²) in [6.45, 7) is 5.17. The van der Waals surface area contributed by atoms with Crippen LogP contribution in [0.15, 0.2) is 48.7 Å². The van der Waals surface area contributed by atoms with Gasteiger partial charge in [0.1, 0.15) is 12.4 Å². The molecule has 0 bridgehead atoms. The van der Waals surface area contributed by atoms with Gasteiger partial charge in [-0.1, -0.05) is 34.5 Å². The van der Waals surface area contributed by atoms with Gasteiger partial charge in [0.25, 0.3) is 0 Å². The van der Waals surface area contributed by atoms with E-state index in [1.807, 2.05) is 31.9 Å². The van der Waals surface area contributed by atoms with Crippen molar-refractivity contribution in [3.63, 3.8) is 0 Å². The molecule has 9 nitrogen and oxygen atoms in total. The molecule has 2 heterocycles. The van der Waals surface area contributed by atoms with Gasteiger partial charge in [-0.25, -0.2) is 22.3 Å². The molecule has 11 heteroatoms. The van der Waals surface area contributed by atoms with Gasteiger partial charge in [-0.3, -0.25) is 4.90 Å². The van der Waals surface area contributed by atoms with Gasteiger partial charge in [-0.15, -0.1) is 5.10 Å². The van der Waals surface area contributed by atoms with E-state index in [9.17, 15) is 17.6 Å². The third-order valence-electron chi connectivity index (χ3n) is 6.13. The van der Waals surface area contributed by atoms with E-state index in [0.29, 0.717) is 30.9 Å². The molecule has 4 rings (SSSR count). The fraction of sp³-hybridized carbons (Fsp3) is 0.400. The first-order chi connectivity index (χ1) is 17.1. The van der Waals surface area contributed by atoms with Crippen molar-refractivity contribution in [2.45, 2.75) is 33.0 Å². The summed E-state index contributed by atoms with van der Waals surface area (Å²) in [5.41, 5.74) is 3.74. The van der Waals surface area contributed by atoms with E-state index in [2.05, 4.69) is 10.3 Å². The van der Waals surface area contributed by atoms with Crippen LogP contribution in [0.4, 0.5) is 4.39 Å². The van der Waals surface area contributed by atoms with Crippen LogP contribution in [-0.2, 0) is 27.8 Å². The molecule has 0 spiro atoms. The lowest BCUT2D eigenvalue weighted by atomic mass is 10.1. The monoisotopic (exact) mass is 515 g/mol. The molecule has 0 N–H and O–H groups in total. The van der Waals surface area contributed by atoms with E-state index < -0.39 is 16.0 Å². The van der Waals surface area contributed by atoms with E-state index in [4.69, 9.17) is 4.74 Å². The van der Waals surface area contributed by atoms with Gasteiger partial charge < -0.3 is 4.74 Å². The Morgan fingerprint density at radius 3 is 2.64 bits per heavy atom. The molecule has 0 amide bonds. The Morgan fingerprint density at radius 1 is 1.17 bits per heavy atom. The number of esters is 1. The minimum Gasteiger partial charge on any atom is -0.461 e. The standard InChI is InChI=1S/C25H30FN5O4S/c1-18-9-19(2)11-21(10-18)25(32)35-8-7-29(3)24-16-31(36(33,34)17-24)15-23-14-30(28-27-23)13-20-5-4-6-22(26)12-20/h4-6,9-12,14,24H,7-8,13,15-17H2,1-3H3. The minimum atomic E-state index is -3.47. The maximum absolute atomic E-state index is 13.4. The number of hydrogen-bond donors (Lipinski definition) is 0. The number of nitrogens with zero attached hydrogens (tertiary/aromatic N) is 5. The van der Waals surface area contributed by atoms with Gasteiger partial charge in [-0.2, -0.15) is 4.31 Å². The average molecular weight is 516 g/mol. The molecule has 1 aliphatic heterocycles. The molecule has 192 valence electrons. The molecule has 2 aromatic carbocycles. The number of carbonyl (C=O) groups excluding carboxylic acids is 1. The number of ether oxygens (including phenoxy) is 1. The van der Waals surface area contributed by atoms with Crippen molar-refractivity contribution in [2.24, 2.45) is 0 Å². The largest absolute Gasteiger partial charge is 0.461 e. The van der Waals surface area contributed by atoms with Gasteiger partial charge in [0, 0.05) is 19.1 Å². The van der Waals surface area contributed by atoms with Crippen LogP contribution >= 0.6 is 0 Å². The highest BCUT2D eigenvalue weighted by atomic mass is 32.2. The topological polar surface area (TPSA) is 97.6 Å². The van der Waals surface area contributed by atoms with Crippen molar-refractivity contribution in [1.29, 1.82) is 0 Å². The lowest BCUT2D eigenvalue weighted by Crippen LogP contribution is -2.38. The van der Waals surface area contributed by atoms with Crippen molar-refractivity contribution >= 4 is 16.0 Å². The maximum atomic E-state index is 13.4. The molecular formula is C25H30FN5O4S. The number of halogens is 1. The van der Waals surface area contributed by atoms with Crippen LogP contribution in [0.3, 0.4) is 0 Å². The van der Waals surface area contributed by atoms with E-state index >= 15 is 0 Å². The SMILES string of the molecule is Cc1cc(C)cc(C(=O)OCCN(C)C2CN(Cc3cn(Cc4cccc(F)c4)nn3)S(=O)(=O)C2)c1. The van der Waals surface area contributed by atoms with Gasteiger partial charge in [0.15, 0.2) is 0 Å². The highest BCUT2D eigenvalue weighted by Gasteiger charge is 2.38. The zero-order valence-electron chi connectivity index (χ0n) is 20.6. The Labute approximate surface area is 210 Å². The van der Waals surface area contributed by atoms with Crippen LogP contribution in [0.2, 0.25) is 0 Å². The second-order valence-corrected chi connectivity index (χ2v) is 11.3. The number of carbonyl (C=O) groups is 1. The number of rotatable bonds is 9. The molecule has 1 aromatic heterocycles. The third kappa shape index (κ3) is 6.54. The number of aryl methyl sites for hydroxylation is 2. The highest BCUT2D eigenvalue weighted by Crippen LogP contribution is 2.20. The first-order valence-corrected chi connectivity index (χ1v) is 13.3. The van der Waals surface area contributed by atoms with E-state index in [1.165, 1.54) is 16.4 Å². The lowest BCUT2D eigenvalue weighted by molar-refractivity contribution is 0.0457. The second kappa shape index (κ2) is 10.9. The molecule has 36 heavy (non-hydrogen) atoms. The molecular weight excluding hydrogens is 485 g/mol. The van der Waals surface area contributed by atoms with E-state index in [1.54, 1.807) is 35.1 Å². The zero-order chi connectivity index (χ0) is 25.9. The van der Waals surface area contributed by atoms with Crippen LogP contribution in [0, 0.1) is 19.7 Å². The molecule has 3 aromatic rings. The summed E-state index contributed by atoms with van der Waals surface area (Å²) in [6, 6.07) is 11.5. The van der Waals surface area contributed by atoms with Crippen LogP contribution in [-0.4, -0.2) is 77.1 Å². The van der Waals surface area contributed by atoms with Crippen molar-refractivity contribution in [1.82, 2.24) is 24.2 Å². The molecule has 1 saturated heterocycles. The molecule has 1 fully saturated rings. The number of sulfonamides is 1. The average Bonchev–Trinajstić information content (AvgIpc) is 3.36. The summed E-state index contributed by atoms with van der Waals surface area (Å²) in [4.78, 5) is 14.3. The smallest absolute Gasteiger partial charge is 0.338 e. The number of benzene rings is 2. The summed E-state index contributed by atoms with van der Waals surface area (Å²) >= 11 is 0. The van der Waals surface area contributed by atoms with Gasteiger partial charge in [0.05, 0.1) is 36.3 Å². The van der Waals surface area contributed by atoms with Gasteiger partial charge >= 0.3 is 5.97 Å². The van der Waals surface area contributed by atoms with Crippen molar-refractivity contribution in [3.8, 4) is 0 Å². The molecule has 1 unspecified atom stereocenters. The Hall–Kier alpha value is -3.15. The van der Waals surface area contributed by atoms with Gasteiger partial charge in [-0.05, 0) is 50.7 Å². The van der Waals surface area contributed by atoms with Crippen molar-refractivity contribution in [3.05, 3.63) is 82.4 Å². The predicted molar refractivity (Wildman–Crippen MR) is 132 cm³/mol. The normalized spacial score (nSPS) is 17.5. The summed E-state index contributed by atoms with van der Waals surface area (Å²) in [5, 5.41) is 8.13. The Bertz CT molecular complexity index is 1320. The Kier molecular flexibility index (Phi) is 7.82. The number of aromatic nitrogens is 3. The zero-order valence-corrected chi connectivity index (χ0v) is 21.4. The maximum Gasteiger partial charge on any atom is 0.338 e. The lowest BCUT2D eigenvalue weighted by Gasteiger charge is -2.22. The minimum absolute atomic E-state index is 0.0219. The first-order valence-electron chi connectivity index (χ1n) is 11.7. The Morgan fingerprint density at radius 2 is 1.92 bits per heavy atom. The van der Waals surface area contributed by atoms with Crippen LogP contribution in [0.25, 0.3) is 0 Å². The highest BCUT2D eigenvalue weighted by molar-refractivity contribution is 7.89. The van der Waals surface area contributed by atoms with E-state index in [-0.39, 0.29) is 30.8 Å². The predicted octanol–water partition coefficient (Wildman–Crippen LogP) is 2.39. The Balaban J connectivity index is 1.29.